The molecule has 29 heavy (non-hydrogen) atoms. The number of halogens is 3. The molecular formula is C17H13F3N4O5. The smallest absolute Gasteiger partial charge is 0.385 e. The highest BCUT2D eigenvalue weighted by atomic mass is 19.4. The average Bonchev–Trinajstić information content (AvgIpc) is 2.65. The average molecular weight is 410 g/mol. The first kappa shape index (κ1) is 21.3. The van der Waals surface area contributed by atoms with Crippen molar-refractivity contribution in [2.75, 3.05) is 17.2 Å². The van der Waals surface area contributed by atoms with Gasteiger partial charge >= 0.3 is 6.18 Å². The van der Waals surface area contributed by atoms with Crippen molar-refractivity contribution in [1.82, 2.24) is 0 Å². The topological polar surface area (TPSA) is 123 Å². The molecule has 0 aliphatic heterocycles. The van der Waals surface area contributed by atoms with Crippen LogP contribution in [0.4, 0.5) is 30.2 Å². The minimum Gasteiger partial charge on any atom is -0.385 e. The van der Waals surface area contributed by atoms with Gasteiger partial charge in [0.2, 0.25) is 0 Å². The van der Waals surface area contributed by atoms with Crippen LogP contribution in [0.15, 0.2) is 53.7 Å². The molecule has 12 heteroatoms. The number of anilines is 2. The Bertz CT molecular complexity index is 947. The number of hydrogen-bond acceptors (Lipinski definition) is 6. The van der Waals surface area contributed by atoms with E-state index < -0.39 is 35.1 Å². The zero-order valence-electron chi connectivity index (χ0n) is 14.5. The van der Waals surface area contributed by atoms with Gasteiger partial charge in [0.05, 0.1) is 10.5 Å². The second-order valence-electron chi connectivity index (χ2n) is 5.43. The number of carbonyl (C=O) groups excluding carboxylic acids is 2. The van der Waals surface area contributed by atoms with Crippen LogP contribution in [-0.2, 0) is 20.6 Å². The van der Waals surface area contributed by atoms with E-state index in [1.54, 1.807) is 0 Å². The van der Waals surface area contributed by atoms with E-state index in [-0.39, 0.29) is 17.1 Å². The second-order valence-corrected chi connectivity index (χ2v) is 5.43. The lowest BCUT2D eigenvalue weighted by Gasteiger charge is -2.08. The summed E-state index contributed by atoms with van der Waals surface area (Å²) in [6.45, 7) is -0.601. The Morgan fingerprint density at radius 1 is 1.10 bits per heavy atom. The number of alkyl halides is 3. The summed E-state index contributed by atoms with van der Waals surface area (Å²) in [5.41, 5.74) is -1.08. The number of hydrogen-bond donors (Lipinski definition) is 2. The molecule has 0 spiro atoms. The molecule has 0 aliphatic carbocycles. The van der Waals surface area contributed by atoms with Crippen LogP contribution >= 0.6 is 0 Å². The summed E-state index contributed by atoms with van der Waals surface area (Å²) in [5.74, 6) is -1.57. The molecule has 152 valence electrons. The predicted molar refractivity (Wildman–Crippen MR) is 96.2 cm³/mol. The maximum Gasteiger partial charge on any atom is 0.416 e. The van der Waals surface area contributed by atoms with E-state index in [9.17, 15) is 32.9 Å². The van der Waals surface area contributed by atoms with Crippen molar-refractivity contribution < 1.29 is 32.5 Å². The summed E-state index contributed by atoms with van der Waals surface area (Å²) >= 11 is 0. The molecule has 0 aromatic heterocycles. The number of nitro groups is 1. The number of carbonyl (C=O) groups is 2. The predicted octanol–water partition coefficient (Wildman–Crippen LogP) is 3.19. The van der Waals surface area contributed by atoms with E-state index in [1.807, 2.05) is 0 Å². The van der Waals surface area contributed by atoms with Crippen LogP contribution in [0.3, 0.4) is 0 Å². The maximum absolute atomic E-state index is 12.6. The van der Waals surface area contributed by atoms with Gasteiger partial charge in [-0.25, -0.2) is 0 Å². The molecule has 0 aliphatic rings. The number of nitro benzene ring substituents is 1. The third kappa shape index (κ3) is 6.93. The molecule has 0 atom stereocenters. The SMILES string of the molecule is O=C(/C=N\OCC(=O)Nc1cccc([N+](=O)[O-])c1)Nc1cccc(C(F)(F)F)c1. The standard InChI is InChI=1S/C17H13F3N4O5/c18-17(19,20)11-3-1-4-12(7-11)22-15(25)9-21-29-10-16(26)23-13-5-2-6-14(8-13)24(27)28/h1-9H,10H2,(H,22,25)(H,23,26)/b21-9-. The largest absolute Gasteiger partial charge is 0.416 e. The van der Waals surface area contributed by atoms with Crippen molar-refractivity contribution in [1.29, 1.82) is 0 Å². The van der Waals surface area contributed by atoms with Gasteiger partial charge in [-0.15, -0.1) is 0 Å². The molecule has 2 aromatic rings. The molecule has 0 saturated heterocycles. The number of rotatable bonds is 7. The highest BCUT2D eigenvalue weighted by Gasteiger charge is 2.30. The van der Waals surface area contributed by atoms with Crippen molar-refractivity contribution in [2.24, 2.45) is 5.16 Å². The van der Waals surface area contributed by atoms with E-state index >= 15 is 0 Å². The Hall–Kier alpha value is -3.96. The van der Waals surface area contributed by atoms with Crippen LogP contribution in [0, 0.1) is 10.1 Å². The van der Waals surface area contributed by atoms with Crippen molar-refractivity contribution in [3.63, 3.8) is 0 Å². The Morgan fingerprint density at radius 3 is 2.41 bits per heavy atom. The highest BCUT2D eigenvalue weighted by Crippen LogP contribution is 2.30. The van der Waals surface area contributed by atoms with Gasteiger partial charge in [0.25, 0.3) is 17.5 Å². The van der Waals surface area contributed by atoms with E-state index in [1.165, 1.54) is 24.3 Å². The number of non-ortho nitro benzene ring substituents is 1. The fourth-order valence-electron chi connectivity index (χ4n) is 2.02. The quantitative estimate of drug-likeness (QED) is 0.412. The zero-order valence-corrected chi connectivity index (χ0v) is 14.5. The van der Waals surface area contributed by atoms with Crippen LogP contribution in [0.1, 0.15) is 5.56 Å². The number of amides is 2. The summed E-state index contributed by atoms with van der Waals surface area (Å²) in [7, 11) is 0. The van der Waals surface area contributed by atoms with E-state index in [0.29, 0.717) is 6.21 Å². The Labute approximate surface area is 161 Å². The van der Waals surface area contributed by atoms with Crippen molar-refractivity contribution >= 4 is 35.1 Å². The molecule has 2 N–H and O–H groups in total. The van der Waals surface area contributed by atoms with Gasteiger partial charge in [0.15, 0.2) is 6.61 Å². The molecule has 2 aromatic carbocycles. The van der Waals surface area contributed by atoms with Gasteiger partial charge in [0, 0.05) is 23.5 Å². The normalized spacial score (nSPS) is 11.1. The minimum atomic E-state index is -4.55. The van der Waals surface area contributed by atoms with E-state index in [4.69, 9.17) is 0 Å². The monoisotopic (exact) mass is 410 g/mol. The molecule has 0 heterocycles. The molecule has 2 amide bonds. The molecule has 0 radical (unpaired) electrons. The van der Waals surface area contributed by atoms with Gasteiger partial charge in [-0.3, -0.25) is 19.7 Å². The lowest BCUT2D eigenvalue weighted by atomic mass is 10.2. The van der Waals surface area contributed by atoms with Crippen LogP contribution in [-0.4, -0.2) is 29.6 Å². The van der Waals surface area contributed by atoms with E-state index in [2.05, 4.69) is 20.6 Å². The van der Waals surface area contributed by atoms with Crippen molar-refractivity contribution in [3.05, 3.63) is 64.2 Å². The number of oxime groups is 1. The number of benzene rings is 2. The van der Waals surface area contributed by atoms with Gasteiger partial charge in [0.1, 0.15) is 6.21 Å². The molecular weight excluding hydrogens is 397 g/mol. The highest BCUT2D eigenvalue weighted by molar-refractivity contribution is 6.31. The first-order chi connectivity index (χ1) is 13.6. The molecule has 0 bridgehead atoms. The number of nitrogens with zero attached hydrogens (tertiary/aromatic N) is 2. The lowest BCUT2D eigenvalue weighted by Crippen LogP contribution is -2.18. The Kier molecular flexibility index (Phi) is 6.85. The summed E-state index contributed by atoms with van der Waals surface area (Å²) in [5, 5.41) is 18.4. The van der Waals surface area contributed by atoms with Gasteiger partial charge in [-0.05, 0) is 24.3 Å². The maximum atomic E-state index is 12.6. The summed E-state index contributed by atoms with van der Waals surface area (Å²) in [6, 6.07) is 9.19. The lowest BCUT2D eigenvalue weighted by molar-refractivity contribution is -0.384. The summed E-state index contributed by atoms with van der Waals surface area (Å²) in [6.07, 6.45) is -3.91. The molecule has 9 nitrogen and oxygen atoms in total. The minimum absolute atomic E-state index is 0.0975. The van der Waals surface area contributed by atoms with Gasteiger partial charge in [-0.2, -0.15) is 13.2 Å². The zero-order chi connectivity index (χ0) is 21.4. The molecule has 0 fully saturated rings. The molecule has 0 unspecified atom stereocenters. The Balaban J connectivity index is 1.81. The van der Waals surface area contributed by atoms with Gasteiger partial charge in [-0.1, -0.05) is 17.3 Å². The fraction of sp³-hybridized carbons (Fsp3) is 0.118. The summed E-state index contributed by atoms with van der Waals surface area (Å²) in [4.78, 5) is 38.0. The van der Waals surface area contributed by atoms with Crippen LogP contribution < -0.4 is 10.6 Å². The fourth-order valence-corrected chi connectivity index (χ4v) is 2.02. The van der Waals surface area contributed by atoms with Gasteiger partial charge < -0.3 is 15.5 Å². The first-order valence-corrected chi connectivity index (χ1v) is 7.83. The third-order valence-corrected chi connectivity index (χ3v) is 3.24. The van der Waals surface area contributed by atoms with Crippen molar-refractivity contribution in [3.8, 4) is 0 Å². The Morgan fingerprint density at radius 2 is 1.76 bits per heavy atom. The summed E-state index contributed by atoms with van der Waals surface area (Å²) < 4.78 is 37.9. The third-order valence-electron chi connectivity index (χ3n) is 3.24. The van der Waals surface area contributed by atoms with Crippen LogP contribution in [0.2, 0.25) is 0 Å². The molecule has 2 rings (SSSR count). The number of nitrogens with one attached hydrogen (secondary N) is 2. The second kappa shape index (κ2) is 9.30. The van der Waals surface area contributed by atoms with Crippen LogP contribution in [0.25, 0.3) is 0 Å². The van der Waals surface area contributed by atoms with Crippen LogP contribution in [0.5, 0.6) is 0 Å². The first-order valence-electron chi connectivity index (χ1n) is 7.83. The molecule has 0 saturated carbocycles. The van der Waals surface area contributed by atoms with Crippen molar-refractivity contribution in [2.45, 2.75) is 6.18 Å². The van der Waals surface area contributed by atoms with E-state index in [0.717, 1.165) is 24.3 Å².